The smallest absolute Gasteiger partial charge is 0.163 e. The maximum atomic E-state index is 14.1. The summed E-state index contributed by atoms with van der Waals surface area (Å²) in [6, 6.07) is 4.61. The quantitative estimate of drug-likeness (QED) is 0.778. The summed E-state index contributed by atoms with van der Waals surface area (Å²) in [4.78, 5) is 0. The highest BCUT2D eigenvalue weighted by atomic mass is 79.9. The van der Waals surface area contributed by atoms with E-state index < -0.39 is 29.3 Å². The number of halogens is 5. The van der Waals surface area contributed by atoms with Crippen LogP contribution in [0.5, 0.6) is 0 Å². The highest BCUT2D eigenvalue weighted by Gasteiger charge is 2.25. The summed E-state index contributed by atoms with van der Waals surface area (Å²) in [7, 11) is 0. The molecule has 112 valence electrons. The van der Waals surface area contributed by atoms with E-state index in [4.69, 9.17) is 0 Å². The third-order valence-corrected chi connectivity index (χ3v) is 3.49. The molecule has 0 amide bonds. The molecule has 0 spiro atoms. The van der Waals surface area contributed by atoms with Crippen molar-refractivity contribution in [2.24, 2.45) is 0 Å². The van der Waals surface area contributed by atoms with Crippen LogP contribution in [-0.4, -0.2) is 6.54 Å². The Morgan fingerprint density at radius 1 is 1.05 bits per heavy atom. The van der Waals surface area contributed by atoms with Crippen LogP contribution in [0.2, 0.25) is 0 Å². The van der Waals surface area contributed by atoms with Gasteiger partial charge in [0.1, 0.15) is 11.6 Å². The zero-order valence-electron chi connectivity index (χ0n) is 11.1. The molecule has 0 fully saturated rings. The van der Waals surface area contributed by atoms with Gasteiger partial charge in [0.25, 0.3) is 0 Å². The second kappa shape index (κ2) is 6.58. The summed E-state index contributed by atoms with van der Waals surface area (Å²) in [5.41, 5.74) is -0.485. The Kier molecular flexibility index (Phi) is 5.00. The lowest BCUT2D eigenvalue weighted by Crippen LogP contribution is -2.25. The van der Waals surface area contributed by atoms with Gasteiger partial charge in [-0.2, -0.15) is 0 Å². The van der Waals surface area contributed by atoms with E-state index in [-0.39, 0.29) is 15.6 Å². The maximum Gasteiger partial charge on any atom is 0.163 e. The van der Waals surface area contributed by atoms with E-state index in [0.29, 0.717) is 6.54 Å². The van der Waals surface area contributed by atoms with E-state index in [0.717, 1.165) is 18.2 Å². The van der Waals surface area contributed by atoms with Crippen LogP contribution in [0.1, 0.15) is 24.1 Å². The van der Waals surface area contributed by atoms with Gasteiger partial charge in [-0.15, -0.1) is 0 Å². The maximum absolute atomic E-state index is 14.1. The van der Waals surface area contributed by atoms with Crippen molar-refractivity contribution >= 4 is 15.9 Å². The number of nitrogens with one attached hydrogen (secondary N) is 1. The van der Waals surface area contributed by atoms with Crippen LogP contribution < -0.4 is 5.32 Å². The molecule has 1 unspecified atom stereocenters. The van der Waals surface area contributed by atoms with Crippen molar-refractivity contribution in [3.63, 3.8) is 0 Å². The third kappa shape index (κ3) is 3.27. The van der Waals surface area contributed by atoms with E-state index in [2.05, 4.69) is 21.2 Å². The van der Waals surface area contributed by atoms with Crippen LogP contribution >= 0.6 is 15.9 Å². The lowest BCUT2D eigenvalue weighted by atomic mass is 9.97. The molecule has 0 saturated carbocycles. The zero-order chi connectivity index (χ0) is 15.6. The van der Waals surface area contributed by atoms with Gasteiger partial charge in [-0.05, 0) is 24.7 Å². The van der Waals surface area contributed by atoms with Gasteiger partial charge in [-0.25, -0.2) is 17.6 Å². The molecule has 21 heavy (non-hydrogen) atoms. The largest absolute Gasteiger partial charge is 0.306 e. The highest BCUT2D eigenvalue weighted by Crippen LogP contribution is 2.31. The lowest BCUT2D eigenvalue weighted by Gasteiger charge is -2.21. The first-order valence-electron chi connectivity index (χ1n) is 6.27. The fourth-order valence-corrected chi connectivity index (χ4v) is 2.55. The van der Waals surface area contributed by atoms with Crippen molar-refractivity contribution in [3.8, 4) is 0 Å². The van der Waals surface area contributed by atoms with Gasteiger partial charge in [-0.3, -0.25) is 0 Å². The van der Waals surface area contributed by atoms with Crippen LogP contribution in [0.4, 0.5) is 17.6 Å². The van der Waals surface area contributed by atoms with Crippen LogP contribution in [0.25, 0.3) is 0 Å². The third-order valence-electron chi connectivity index (χ3n) is 3.03. The van der Waals surface area contributed by atoms with Gasteiger partial charge >= 0.3 is 0 Å². The number of rotatable bonds is 4. The normalized spacial score (nSPS) is 12.5. The van der Waals surface area contributed by atoms with Gasteiger partial charge in [-0.1, -0.05) is 35.0 Å². The molecular formula is C15H12BrF4N. The molecule has 0 saturated heterocycles. The van der Waals surface area contributed by atoms with Crippen molar-refractivity contribution < 1.29 is 17.6 Å². The molecule has 2 aromatic rings. The Morgan fingerprint density at radius 2 is 1.67 bits per heavy atom. The first kappa shape index (κ1) is 16.0. The Morgan fingerprint density at radius 3 is 2.24 bits per heavy atom. The average Bonchev–Trinajstić information content (AvgIpc) is 2.40. The molecule has 6 heteroatoms. The standard InChI is InChI=1S/C15H12BrF4N/c1-2-21-15(9-4-3-5-10(17)14(9)20)13-11(18)6-8(16)7-12(13)19/h3-7,15,21H,2H2,1H3. The molecule has 1 nitrogen and oxygen atoms in total. The highest BCUT2D eigenvalue weighted by molar-refractivity contribution is 9.10. The van der Waals surface area contributed by atoms with Crippen LogP contribution in [0.3, 0.4) is 0 Å². The van der Waals surface area contributed by atoms with Gasteiger partial charge in [0, 0.05) is 15.6 Å². The zero-order valence-corrected chi connectivity index (χ0v) is 12.6. The SMILES string of the molecule is CCNC(c1cccc(F)c1F)c1c(F)cc(Br)cc1F. The van der Waals surface area contributed by atoms with Gasteiger partial charge in [0.15, 0.2) is 11.6 Å². The first-order chi connectivity index (χ1) is 9.95. The molecule has 2 rings (SSSR count). The minimum absolute atomic E-state index is 0.142. The molecule has 0 aliphatic heterocycles. The van der Waals surface area contributed by atoms with Crippen LogP contribution in [0.15, 0.2) is 34.8 Å². The summed E-state index contributed by atoms with van der Waals surface area (Å²) in [5.74, 6) is -3.86. The van der Waals surface area contributed by atoms with Crippen molar-refractivity contribution in [2.75, 3.05) is 6.54 Å². The second-order valence-corrected chi connectivity index (χ2v) is 5.33. The Labute approximate surface area is 128 Å². The molecule has 0 aliphatic rings. The van der Waals surface area contributed by atoms with E-state index >= 15 is 0 Å². The topological polar surface area (TPSA) is 12.0 Å². The van der Waals surface area contributed by atoms with Crippen LogP contribution in [-0.2, 0) is 0 Å². The first-order valence-corrected chi connectivity index (χ1v) is 7.06. The van der Waals surface area contributed by atoms with Gasteiger partial charge in [0.05, 0.1) is 6.04 Å². The summed E-state index contributed by atoms with van der Waals surface area (Å²) >= 11 is 2.98. The minimum Gasteiger partial charge on any atom is -0.306 e. The molecule has 1 atom stereocenters. The van der Waals surface area contributed by atoms with Gasteiger partial charge in [0.2, 0.25) is 0 Å². The molecule has 0 aromatic heterocycles. The number of benzene rings is 2. The second-order valence-electron chi connectivity index (χ2n) is 4.42. The number of hydrogen-bond acceptors (Lipinski definition) is 1. The Balaban J connectivity index is 2.62. The monoisotopic (exact) mass is 361 g/mol. The molecule has 1 N–H and O–H groups in total. The van der Waals surface area contributed by atoms with E-state index in [1.807, 2.05) is 0 Å². The fourth-order valence-electron chi connectivity index (χ4n) is 2.14. The predicted octanol–water partition coefficient (Wildman–Crippen LogP) is 4.70. The molecule has 0 aliphatic carbocycles. The average molecular weight is 362 g/mol. The molecule has 2 aromatic carbocycles. The molecule has 0 bridgehead atoms. The van der Waals surface area contributed by atoms with E-state index in [1.54, 1.807) is 6.92 Å². The summed E-state index contributed by atoms with van der Waals surface area (Å²) in [6.07, 6.45) is 0. The Hall–Kier alpha value is -1.40. The summed E-state index contributed by atoms with van der Waals surface area (Å²) < 4.78 is 55.7. The minimum atomic E-state index is -1.12. The number of hydrogen-bond donors (Lipinski definition) is 1. The van der Waals surface area contributed by atoms with E-state index in [1.165, 1.54) is 12.1 Å². The molecule has 0 radical (unpaired) electrons. The lowest BCUT2D eigenvalue weighted by molar-refractivity contribution is 0.465. The van der Waals surface area contributed by atoms with Crippen molar-refractivity contribution in [2.45, 2.75) is 13.0 Å². The van der Waals surface area contributed by atoms with E-state index in [9.17, 15) is 17.6 Å². The summed E-state index contributed by atoms with van der Waals surface area (Å²) in [5, 5.41) is 2.78. The van der Waals surface area contributed by atoms with Crippen molar-refractivity contribution in [3.05, 3.63) is 69.2 Å². The van der Waals surface area contributed by atoms with Crippen molar-refractivity contribution in [1.29, 1.82) is 0 Å². The van der Waals surface area contributed by atoms with Crippen LogP contribution in [0, 0.1) is 23.3 Å². The van der Waals surface area contributed by atoms with Gasteiger partial charge < -0.3 is 5.32 Å². The van der Waals surface area contributed by atoms with Crippen molar-refractivity contribution in [1.82, 2.24) is 5.32 Å². The predicted molar refractivity (Wildman–Crippen MR) is 75.9 cm³/mol. The Bertz CT molecular complexity index is 637. The molecule has 0 heterocycles. The fraction of sp³-hybridized carbons (Fsp3) is 0.200. The summed E-state index contributed by atoms with van der Waals surface area (Å²) in [6.45, 7) is 2.04. The molecular weight excluding hydrogens is 350 g/mol.